The molecule has 2 aliphatic heterocycles. The van der Waals surface area contributed by atoms with E-state index in [0.29, 0.717) is 28.1 Å². The number of aromatic nitrogens is 1. The van der Waals surface area contributed by atoms with Crippen LogP contribution in [0, 0.1) is 20.8 Å². The highest BCUT2D eigenvalue weighted by molar-refractivity contribution is 6.30. The van der Waals surface area contributed by atoms with E-state index in [1.165, 1.54) is 9.91 Å². The van der Waals surface area contributed by atoms with Crippen molar-refractivity contribution in [2.45, 2.75) is 39.4 Å². The molecule has 162 valence electrons. The fourth-order valence-electron chi connectivity index (χ4n) is 4.16. The Morgan fingerprint density at radius 3 is 2.50 bits per heavy atom. The van der Waals surface area contributed by atoms with E-state index in [9.17, 15) is 9.59 Å². The van der Waals surface area contributed by atoms with Crippen LogP contribution in [-0.4, -0.2) is 33.9 Å². The molecule has 9 heteroatoms. The maximum absolute atomic E-state index is 13.3. The SMILES string of the molecule is Cc1cc(C)cc(N2C(=O)[C@@H]3[C@@H](N=NN3Cc3nc(-c4cccc(Cl)c4)oc3C)C2=O)c1. The lowest BCUT2D eigenvalue weighted by Crippen LogP contribution is -2.39. The third-order valence-corrected chi connectivity index (χ3v) is 5.83. The van der Waals surface area contributed by atoms with Crippen molar-refractivity contribution >= 4 is 29.1 Å². The largest absolute Gasteiger partial charge is 0.441 e. The summed E-state index contributed by atoms with van der Waals surface area (Å²) >= 11 is 6.07. The van der Waals surface area contributed by atoms with Gasteiger partial charge in [0.15, 0.2) is 12.1 Å². The molecule has 0 radical (unpaired) electrons. The van der Waals surface area contributed by atoms with E-state index in [4.69, 9.17) is 16.0 Å². The molecule has 2 amide bonds. The van der Waals surface area contributed by atoms with E-state index >= 15 is 0 Å². The lowest BCUT2D eigenvalue weighted by atomic mass is 10.1. The summed E-state index contributed by atoms with van der Waals surface area (Å²) in [7, 11) is 0. The van der Waals surface area contributed by atoms with Crippen LogP contribution < -0.4 is 4.90 Å². The highest BCUT2D eigenvalue weighted by Gasteiger charge is 2.55. The highest BCUT2D eigenvalue weighted by atomic mass is 35.5. The van der Waals surface area contributed by atoms with Gasteiger partial charge in [0.2, 0.25) is 5.89 Å². The Morgan fingerprint density at radius 2 is 1.78 bits per heavy atom. The normalized spacial score (nSPS) is 19.9. The van der Waals surface area contributed by atoms with Crippen molar-refractivity contribution in [3.05, 3.63) is 70.1 Å². The van der Waals surface area contributed by atoms with Crippen LogP contribution in [0.15, 0.2) is 57.2 Å². The fourth-order valence-corrected chi connectivity index (χ4v) is 4.35. The zero-order valence-electron chi connectivity index (χ0n) is 17.7. The second-order valence-corrected chi connectivity index (χ2v) is 8.52. The number of aryl methyl sites for hydroxylation is 3. The van der Waals surface area contributed by atoms with E-state index in [1.807, 2.05) is 44.2 Å². The third-order valence-electron chi connectivity index (χ3n) is 5.60. The van der Waals surface area contributed by atoms with E-state index in [1.54, 1.807) is 19.1 Å². The molecule has 0 N–H and O–H groups in total. The van der Waals surface area contributed by atoms with Crippen LogP contribution in [0.5, 0.6) is 0 Å². The molecule has 2 atom stereocenters. The van der Waals surface area contributed by atoms with Gasteiger partial charge in [0.05, 0.1) is 12.2 Å². The first-order chi connectivity index (χ1) is 15.3. The molecule has 0 saturated carbocycles. The molecule has 0 bridgehead atoms. The van der Waals surface area contributed by atoms with Crippen LogP contribution in [0.2, 0.25) is 5.02 Å². The number of carbonyl (C=O) groups excluding carboxylic acids is 2. The van der Waals surface area contributed by atoms with E-state index in [0.717, 1.165) is 16.7 Å². The van der Waals surface area contributed by atoms with Crippen molar-refractivity contribution in [1.82, 2.24) is 9.99 Å². The molecule has 3 aromatic rings. The Morgan fingerprint density at radius 1 is 1.03 bits per heavy atom. The molecule has 1 saturated heterocycles. The summed E-state index contributed by atoms with van der Waals surface area (Å²) in [5.74, 6) is 0.318. The van der Waals surface area contributed by atoms with Gasteiger partial charge in [0.25, 0.3) is 11.8 Å². The monoisotopic (exact) mass is 449 g/mol. The molecule has 1 aromatic heterocycles. The molecule has 0 aliphatic carbocycles. The van der Waals surface area contributed by atoms with Crippen LogP contribution in [0.4, 0.5) is 5.69 Å². The van der Waals surface area contributed by atoms with Crippen molar-refractivity contribution in [2.24, 2.45) is 10.3 Å². The fraction of sp³-hybridized carbons (Fsp3) is 0.261. The molecule has 0 unspecified atom stereocenters. The number of hydrogen-bond donors (Lipinski definition) is 0. The number of amides is 2. The summed E-state index contributed by atoms with van der Waals surface area (Å²) in [5, 5.41) is 10.3. The smallest absolute Gasteiger partial charge is 0.263 e. The van der Waals surface area contributed by atoms with Crippen LogP contribution in [0.3, 0.4) is 0 Å². The number of halogens is 1. The van der Waals surface area contributed by atoms with E-state index < -0.39 is 12.1 Å². The number of hydrogen-bond acceptors (Lipinski definition) is 7. The Balaban J connectivity index is 1.41. The van der Waals surface area contributed by atoms with Gasteiger partial charge < -0.3 is 4.42 Å². The number of nitrogens with zero attached hydrogens (tertiary/aromatic N) is 5. The minimum absolute atomic E-state index is 0.195. The summed E-state index contributed by atoms with van der Waals surface area (Å²) in [4.78, 5) is 32.0. The summed E-state index contributed by atoms with van der Waals surface area (Å²) in [6.07, 6.45) is 0. The molecule has 3 heterocycles. The molecular weight excluding hydrogens is 430 g/mol. The first-order valence-corrected chi connectivity index (χ1v) is 10.6. The van der Waals surface area contributed by atoms with Crippen molar-refractivity contribution in [2.75, 3.05) is 4.90 Å². The number of imide groups is 1. The zero-order chi connectivity index (χ0) is 22.6. The maximum atomic E-state index is 13.3. The Bertz CT molecular complexity index is 1260. The number of fused-ring (bicyclic) bond motifs is 1. The summed E-state index contributed by atoms with van der Waals surface area (Å²) in [6.45, 7) is 5.85. The van der Waals surface area contributed by atoms with Crippen LogP contribution in [0.1, 0.15) is 22.6 Å². The maximum Gasteiger partial charge on any atom is 0.263 e. The second kappa shape index (κ2) is 7.56. The van der Waals surface area contributed by atoms with Crippen LogP contribution in [0.25, 0.3) is 11.5 Å². The first kappa shape index (κ1) is 20.4. The first-order valence-electron chi connectivity index (χ1n) is 10.2. The lowest BCUT2D eigenvalue weighted by molar-refractivity contribution is -0.123. The molecule has 32 heavy (non-hydrogen) atoms. The van der Waals surface area contributed by atoms with Gasteiger partial charge in [-0.2, -0.15) is 5.11 Å². The molecule has 2 aliphatic rings. The number of oxazole rings is 1. The Hall–Kier alpha value is -3.52. The number of anilines is 1. The standard InChI is InChI=1S/C23H20ClN5O3/c1-12-7-13(2)9-17(8-12)29-22(30)19-20(23(29)31)28(27-26-19)11-18-14(3)32-21(25-18)15-5-4-6-16(24)10-15/h4-10,19-20H,11H2,1-3H3/t19-,20+/m1/s1. The van der Waals surface area contributed by atoms with Gasteiger partial charge in [-0.1, -0.05) is 29.0 Å². The average Bonchev–Trinajstić information content (AvgIpc) is 3.38. The molecule has 8 nitrogen and oxygen atoms in total. The molecule has 0 spiro atoms. The molecule has 1 fully saturated rings. The average molecular weight is 450 g/mol. The van der Waals surface area contributed by atoms with Gasteiger partial charge in [-0.05, 0) is 62.2 Å². The zero-order valence-corrected chi connectivity index (χ0v) is 18.5. The summed E-state index contributed by atoms with van der Waals surface area (Å²) in [6, 6.07) is 11.2. The summed E-state index contributed by atoms with van der Waals surface area (Å²) in [5.41, 5.74) is 3.87. The van der Waals surface area contributed by atoms with E-state index in [-0.39, 0.29) is 18.4 Å². The van der Waals surface area contributed by atoms with Crippen LogP contribution in [-0.2, 0) is 16.1 Å². The Labute approximate surface area is 189 Å². The van der Waals surface area contributed by atoms with E-state index in [2.05, 4.69) is 15.3 Å². The molecular formula is C23H20ClN5O3. The minimum Gasteiger partial charge on any atom is -0.441 e. The van der Waals surface area contributed by atoms with Crippen molar-refractivity contribution < 1.29 is 14.0 Å². The third kappa shape index (κ3) is 3.36. The van der Waals surface area contributed by atoms with Gasteiger partial charge in [0, 0.05) is 10.6 Å². The topological polar surface area (TPSA) is 91.4 Å². The van der Waals surface area contributed by atoms with Gasteiger partial charge in [0.1, 0.15) is 11.5 Å². The highest BCUT2D eigenvalue weighted by Crippen LogP contribution is 2.34. The predicted molar refractivity (Wildman–Crippen MR) is 118 cm³/mol. The number of rotatable bonds is 4. The number of carbonyl (C=O) groups is 2. The predicted octanol–water partition coefficient (Wildman–Crippen LogP) is 4.41. The molecule has 5 rings (SSSR count). The summed E-state index contributed by atoms with van der Waals surface area (Å²) < 4.78 is 5.81. The lowest BCUT2D eigenvalue weighted by Gasteiger charge is -2.20. The van der Waals surface area contributed by atoms with Gasteiger partial charge >= 0.3 is 0 Å². The minimum atomic E-state index is -0.858. The quantitative estimate of drug-likeness (QED) is 0.550. The van der Waals surface area contributed by atoms with Crippen molar-refractivity contribution in [3.8, 4) is 11.5 Å². The van der Waals surface area contributed by atoms with Gasteiger partial charge in [-0.25, -0.2) is 9.88 Å². The van der Waals surface area contributed by atoms with Gasteiger partial charge in [-0.15, -0.1) is 0 Å². The second-order valence-electron chi connectivity index (χ2n) is 8.08. The van der Waals surface area contributed by atoms with Gasteiger partial charge in [-0.3, -0.25) is 14.6 Å². The van der Waals surface area contributed by atoms with Crippen LogP contribution >= 0.6 is 11.6 Å². The van der Waals surface area contributed by atoms with Crippen molar-refractivity contribution in [3.63, 3.8) is 0 Å². The van der Waals surface area contributed by atoms with Crippen molar-refractivity contribution in [1.29, 1.82) is 0 Å². The number of benzene rings is 2. The Kier molecular flexibility index (Phi) is 4.82. The molecule has 2 aromatic carbocycles.